The number of hydrogen-bond donors (Lipinski definition) is 1. The molecule has 0 unspecified atom stereocenters. The predicted molar refractivity (Wildman–Crippen MR) is 75.1 cm³/mol. The SMILES string of the molecule is CCc1cc(-c2cccc(C(=O)O)n2)c(C)nc1OC. The van der Waals surface area contributed by atoms with Crippen LogP contribution in [0.15, 0.2) is 24.3 Å². The first-order valence-electron chi connectivity index (χ1n) is 6.32. The summed E-state index contributed by atoms with van der Waals surface area (Å²) in [6, 6.07) is 6.89. The number of aromatic carboxylic acids is 1. The highest BCUT2D eigenvalue weighted by Gasteiger charge is 2.13. The number of hydrogen-bond acceptors (Lipinski definition) is 4. The van der Waals surface area contributed by atoms with Crippen molar-refractivity contribution in [3.8, 4) is 17.1 Å². The molecule has 0 spiro atoms. The summed E-state index contributed by atoms with van der Waals surface area (Å²) in [5, 5.41) is 9.01. The van der Waals surface area contributed by atoms with Crippen LogP contribution in [0.25, 0.3) is 11.3 Å². The standard InChI is InChI=1S/C15H16N2O3/c1-4-10-8-11(9(2)16-14(10)20-3)12-6-5-7-13(17-12)15(18)19/h5-8H,4H2,1-3H3,(H,18,19). The lowest BCUT2D eigenvalue weighted by molar-refractivity contribution is 0.0690. The van der Waals surface area contributed by atoms with Crippen molar-refractivity contribution in [1.29, 1.82) is 0 Å². The van der Waals surface area contributed by atoms with E-state index in [9.17, 15) is 4.79 Å². The van der Waals surface area contributed by atoms with Crippen LogP contribution in [0, 0.1) is 6.92 Å². The molecule has 104 valence electrons. The van der Waals surface area contributed by atoms with Gasteiger partial charge in [0.05, 0.1) is 18.5 Å². The van der Waals surface area contributed by atoms with Gasteiger partial charge in [-0.15, -0.1) is 0 Å². The van der Waals surface area contributed by atoms with Gasteiger partial charge in [-0.1, -0.05) is 13.0 Å². The van der Waals surface area contributed by atoms with Gasteiger partial charge in [0, 0.05) is 11.1 Å². The molecule has 5 heteroatoms. The van der Waals surface area contributed by atoms with Crippen molar-refractivity contribution in [2.45, 2.75) is 20.3 Å². The minimum Gasteiger partial charge on any atom is -0.481 e. The smallest absolute Gasteiger partial charge is 0.354 e. The lowest BCUT2D eigenvalue weighted by Gasteiger charge is -2.11. The Kier molecular flexibility index (Phi) is 3.98. The van der Waals surface area contributed by atoms with Crippen LogP contribution in [0.3, 0.4) is 0 Å². The first-order chi connectivity index (χ1) is 9.56. The largest absolute Gasteiger partial charge is 0.481 e. The Balaban J connectivity index is 2.57. The third-order valence-electron chi connectivity index (χ3n) is 3.07. The van der Waals surface area contributed by atoms with E-state index in [1.165, 1.54) is 6.07 Å². The molecule has 0 saturated heterocycles. The summed E-state index contributed by atoms with van der Waals surface area (Å²) in [6.45, 7) is 3.87. The number of aryl methyl sites for hydroxylation is 2. The van der Waals surface area contributed by atoms with Gasteiger partial charge in [0.1, 0.15) is 5.69 Å². The van der Waals surface area contributed by atoms with Crippen molar-refractivity contribution in [3.05, 3.63) is 41.2 Å². The molecule has 1 N–H and O–H groups in total. The molecule has 2 heterocycles. The van der Waals surface area contributed by atoms with Gasteiger partial charge in [-0.2, -0.15) is 0 Å². The Morgan fingerprint density at radius 3 is 2.70 bits per heavy atom. The second kappa shape index (κ2) is 5.69. The summed E-state index contributed by atoms with van der Waals surface area (Å²) >= 11 is 0. The van der Waals surface area contributed by atoms with Crippen molar-refractivity contribution in [1.82, 2.24) is 9.97 Å². The molecule has 0 aliphatic carbocycles. The van der Waals surface area contributed by atoms with Gasteiger partial charge in [-0.25, -0.2) is 14.8 Å². The maximum absolute atomic E-state index is 11.0. The first-order valence-corrected chi connectivity index (χ1v) is 6.32. The zero-order chi connectivity index (χ0) is 14.7. The van der Waals surface area contributed by atoms with Crippen molar-refractivity contribution in [2.75, 3.05) is 7.11 Å². The normalized spacial score (nSPS) is 10.3. The summed E-state index contributed by atoms with van der Waals surface area (Å²) in [5.74, 6) is -0.440. The third-order valence-corrected chi connectivity index (χ3v) is 3.07. The number of methoxy groups -OCH3 is 1. The number of pyridine rings is 2. The molecule has 2 rings (SSSR count). The number of rotatable bonds is 4. The Morgan fingerprint density at radius 2 is 2.10 bits per heavy atom. The monoisotopic (exact) mass is 272 g/mol. The van der Waals surface area contributed by atoms with Gasteiger partial charge < -0.3 is 9.84 Å². The molecule has 0 saturated carbocycles. The van der Waals surface area contributed by atoms with Gasteiger partial charge in [0.2, 0.25) is 5.88 Å². The molecule has 0 fully saturated rings. The number of carboxylic acids is 1. The van der Waals surface area contributed by atoms with Gasteiger partial charge in [-0.05, 0) is 31.5 Å². The number of nitrogens with zero attached hydrogens (tertiary/aromatic N) is 2. The van der Waals surface area contributed by atoms with Gasteiger partial charge in [0.15, 0.2) is 0 Å². The van der Waals surface area contributed by atoms with Crippen LogP contribution < -0.4 is 4.74 Å². The molecule has 20 heavy (non-hydrogen) atoms. The van der Waals surface area contributed by atoms with Crippen molar-refractivity contribution >= 4 is 5.97 Å². The van der Waals surface area contributed by atoms with Crippen LogP contribution in [0.2, 0.25) is 0 Å². The summed E-state index contributed by atoms with van der Waals surface area (Å²) < 4.78 is 5.24. The van der Waals surface area contributed by atoms with Crippen LogP contribution in [0.4, 0.5) is 0 Å². The van der Waals surface area contributed by atoms with E-state index in [4.69, 9.17) is 9.84 Å². The molecule has 0 bridgehead atoms. The molecular formula is C15H16N2O3. The molecule has 2 aromatic rings. The fourth-order valence-electron chi connectivity index (χ4n) is 2.02. The van der Waals surface area contributed by atoms with Crippen molar-refractivity contribution in [2.24, 2.45) is 0 Å². The summed E-state index contributed by atoms with van der Waals surface area (Å²) in [5.41, 5.74) is 3.18. The van der Waals surface area contributed by atoms with E-state index in [0.29, 0.717) is 11.6 Å². The highest BCUT2D eigenvalue weighted by molar-refractivity contribution is 5.86. The fraction of sp³-hybridized carbons (Fsp3) is 0.267. The topological polar surface area (TPSA) is 72.3 Å². The Morgan fingerprint density at radius 1 is 1.35 bits per heavy atom. The fourth-order valence-corrected chi connectivity index (χ4v) is 2.02. The average Bonchev–Trinajstić information content (AvgIpc) is 2.46. The molecule has 0 aliphatic heterocycles. The quantitative estimate of drug-likeness (QED) is 0.926. The zero-order valence-electron chi connectivity index (χ0n) is 11.7. The van der Waals surface area contributed by atoms with Crippen molar-refractivity contribution in [3.63, 3.8) is 0 Å². The maximum Gasteiger partial charge on any atom is 0.354 e. The molecule has 0 aliphatic rings. The first kappa shape index (κ1) is 14.0. The maximum atomic E-state index is 11.0. The minimum absolute atomic E-state index is 0.0239. The Labute approximate surface area is 117 Å². The van der Waals surface area contributed by atoms with Gasteiger partial charge in [-0.3, -0.25) is 0 Å². The van der Waals surface area contributed by atoms with E-state index in [1.54, 1.807) is 19.2 Å². The number of carboxylic acid groups (broad SMARTS) is 1. The minimum atomic E-state index is -1.04. The lowest BCUT2D eigenvalue weighted by atomic mass is 10.1. The molecular weight excluding hydrogens is 256 g/mol. The van der Waals surface area contributed by atoms with Gasteiger partial charge in [0.25, 0.3) is 0 Å². The second-order valence-corrected chi connectivity index (χ2v) is 4.36. The molecule has 0 atom stereocenters. The third kappa shape index (κ3) is 2.61. The average molecular weight is 272 g/mol. The van der Waals surface area contributed by atoms with E-state index >= 15 is 0 Å². The summed E-state index contributed by atoms with van der Waals surface area (Å²) in [4.78, 5) is 19.6. The van der Waals surface area contributed by atoms with Crippen LogP contribution >= 0.6 is 0 Å². The van der Waals surface area contributed by atoms with E-state index in [-0.39, 0.29) is 5.69 Å². The number of ether oxygens (including phenoxy) is 1. The van der Waals surface area contributed by atoms with Gasteiger partial charge >= 0.3 is 5.97 Å². The van der Waals surface area contributed by atoms with Crippen LogP contribution in [-0.2, 0) is 6.42 Å². The Bertz CT molecular complexity index is 654. The number of aromatic nitrogens is 2. The van der Waals surface area contributed by atoms with E-state index in [2.05, 4.69) is 9.97 Å². The number of carbonyl (C=O) groups is 1. The summed E-state index contributed by atoms with van der Waals surface area (Å²) in [6.07, 6.45) is 0.780. The second-order valence-electron chi connectivity index (χ2n) is 4.36. The summed E-state index contributed by atoms with van der Waals surface area (Å²) in [7, 11) is 1.59. The highest BCUT2D eigenvalue weighted by Crippen LogP contribution is 2.27. The van der Waals surface area contributed by atoms with Crippen LogP contribution in [0.5, 0.6) is 5.88 Å². The zero-order valence-corrected chi connectivity index (χ0v) is 11.7. The highest BCUT2D eigenvalue weighted by atomic mass is 16.5. The van der Waals surface area contributed by atoms with E-state index in [0.717, 1.165) is 23.2 Å². The molecule has 0 amide bonds. The van der Waals surface area contributed by atoms with Crippen LogP contribution in [-0.4, -0.2) is 28.2 Å². The lowest BCUT2D eigenvalue weighted by Crippen LogP contribution is -2.03. The van der Waals surface area contributed by atoms with Crippen LogP contribution in [0.1, 0.15) is 28.7 Å². The molecule has 0 aromatic carbocycles. The van der Waals surface area contributed by atoms with Crippen molar-refractivity contribution < 1.29 is 14.6 Å². The van der Waals surface area contributed by atoms with E-state index in [1.807, 2.05) is 19.9 Å². The Hall–Kier alpha value is -2.43. The predicted octanol–water partition coefficient (Wildman–Crippen LogP) is 2.72. The van der Waals surface area contributed by atoms with E-state index < -0.39 is 5.97 Å². The molecule has 2 aromatic heterocycles. The molecule has 0 radical (unpaired) electrons. The molecule has 5 nitrogen and oxygen atoms in total.